The zero-order valence-electron chi connectivity index (χ0n) is 10.7. The first-order valence-corrected chi connectivity index (χ1v) is 9.83. The maximum absolute atomic E-state index is 8.78. The van der Waals surface area contributed by atoms with Crippen LogP contribution in [0.25, 0.3) is 0 Å². The lowest BCUT2D eigenvalue weighted by atomic mass is 10.3. The summed E-state index contributed by atoms with van der Waals surface area (Å²) in [6.07, 6.45) is 0. The van der Waals surface area contributed by atoms with Crippen LogP contribution in [0, 0.1) is 0 Å². The monoisotopic (exact) mass is 272 g/mol. The van der Waals surface area contributed by atoms with Gasteiger partial charge in [-0.05, 0) is 12.1 Å². The van der Waals surface area contributed by atoms with Crippen LogP contribution in [0.2, 0.25) is 18.1 Å². The van der Waals surface area contributed by atoms with Gasteiger partial charge in [0.15, 0.2) is 0 Å². The molecule has 0 aliphatic carbocycles. The smallest absolute Gasteiger partial charge is 0.391 e. The van der Waals surface area contributed by atoms with Crippen LogP contribution in [0.15, 0.2) is 24.3 Å². The van der Waals surface area contributed by atoms with E-state index in [9.17, 15) is 0 Å². The number of rotatable bonds is 6. The molecule has 5 heteroatoms. The lowest BCUT2D eigenvalue weighted by Gasteiger charge is -2.28. The van der Waals surface area contributed by atoms with E-state index in [0.29, 0.717) is 5.75 Å². The van der Waals surface area contributed by atoms with Gasteiger partial charge in [0.2, 0.25) is 0 Å². The fourth-order valence-electron chi connectivity index (χ4n) is 2.33. The van der Waals surface area contributed by atoms with E-state index < -0.39 is 16.7 Å². The largest absolute Gasteiger partial charge is 0.427 e. The van der Waals surface area contributed by atoms with E-state index in [-0.39, 0.29) is 0 Å². The molecular formula is C12H21O3PSi. The highest BCUT2D eigenvalue weighted by atomic mass is 31.2. The van der Waals surface area contributed by atoms with Gasteiger partial charge in [-0.2, -0.15) is 0 Å². The van der Waals surface area contributed by atoms with Crippen molar-refractivity contribution < 1.29 is 14.3 Å². The highest BCUT2D eigenvalue weighted by Gasteiger charge is 2.28. The van der Waals surface area contributed by atoms with Gasteiger partial charge in [0.25, 0.3) is 0 Å². The second kappa shape index (κ2) is 6.50. The SMILES string of the molecule is CC[Si](CC)(CC)c1ccc(OP(O)O)cc1. The minimum Gasteiger partial charge on any atom is -0.427 e. The maximum atomic E-state index is 8.78. The first-order valence-electron chi connectivity index (χ1n) is 6.04. The Morgan fingerprint density at radius 1 is 1.00 bits per heavy atom. The molecule has 0 spiro atoms. The van der Waals surface area contributed by atoms with Gasteiger partial charge in [0, 0.05) is 0 Å². The summed E-state index contributed by atoms with van der Waals surface area (Å²) in [4.78, 5) is 17.6. The molecule has 1 rings (SSSR count). The van der Waals surface area contributed by atoms with Crippen molar-refractivity contribution in [2.75, 3.05) is 0 Å². The highest BCUT2D eigenvalue weighted by molar-refractivity contribution is 7.39. The van der Waals surface area contributed by atoms with E-state index in [0.717, 1.165) is 0 Å². The molecule has 1 aromatic rings. The first-order chi connectivity index (χ1) is 8.07. The zero-order chi connectivity index (χ0) is 12.9. The molecule has 96 valence electrons. The van der Waals surface area contributed by atoms with Crippen molar-refractivity contribution in [3.63, 3.8) is 0 Å². The third kappa shape index (κ3) is 3.52. The van der Waals surface area contributed by atoms with Gasteiger partial charge < -0.3 is 14.3 Å². The van der Waals surface area contributed by atoms with E-state index in [1.165, 1.54) is 23.3 Å². The van der Waals surface area contributed by atoms with Gasteiger partial charge in [-0.25, -0.2) is 0 Å². The number of benzene rings is 1. The second-order valence-corrected chi connectivity index (χ2v) is 10.2. The van der Waals surface area contributed by atoms with E-state index in [2.05, 4.69) is 32.9 Å². The van der Waals surface area contributed by atoms with Crippen molar-refractivity contribution in [2.45, 2.75) is 38.9 Å². The van der Waals surface area contributed by atoms with E-state index in [4.69, 9.17) is 14.3 Å². The molecular weight excluding hydrogens is 251 g/mol. The van der Waals surface area contributed by atoms with Gasteiger partial charge in [-0.15, -0.1) is 0 Å². The van der Waals surface area contributed by atoms with Crippen molar-refractivity contribution in [3.8, 4) is 5.75 Å². The molecule has 1 aromatic carbocycles. The normalized spacial score (nSPS) is 11.9. The summed E-state index contributed by atoms with van der Waals surface area (Å²) in [6.45, 7) is 6.80. The summed E-state index contributed by atoms with van der Waals surface area (Å²) in [7, 11) is -3.65. The molecule has 0 bridgehead atoms. The molecule has 0 radical (unpaired) electrons. The number of hydrogen-bond donors (Lipinski definition) is 2. The molecule has 2 N–H and O–H groups in total. The lowest BCUT2D eigenvalue weighted by molar-refractivity contribution is 0.375. The van der Waals surface area contributed by atoms with Crippen LogP contribution in [0.5, 0.6) is 5.75 Å². The van der Waals surface area contributed by atoms with Crippen LogP contribution < -0.4 is 9.71 Å². The predicted octanol–water partition coefficient (Wildman–Crippen LogP) is 2.99. The van der Waals surface area contributed by atoms with Crippen LogP contribution in [0.3, 0.4) is 0 Å². The van der Waals surface area contributed by atoms with Gasteiger partial charge in [-0.3, -0.25) is 0 Å². The summed E-state index contributed by atoms with van der Waals surface area (Å²) < 4.78 is 4.87. The second-order valence-electron chi connectivity index (χ2n) is 4.21. The fourth-order valence-corrected chi connectivity index (χ4v) is 6.23. The fraction of sp³-hybridized carbons (Fsp3) is 0.500. The zero-order valence-corrected chi connectivity index (χ0v) is 12.6. The Balaban J connectivity index is 2.92. The number of hydrogen-bond acceptors (Lipinski definition) is 3. The molecule has 3 nitrogen and oxygen atoms in total. The molecule has 0 unspecified atom stereocenters. The third-order valence-electron chi connectivity index (χ3n) is 3.68. The minimum absolute atomic E-state index is 0.524. The molecule has 0 saturated heterocycles. The van der Waals surface area contributed by atoms with Crippen molar-refractivity contribution in [2.24, 2.45) is 0 Å². The molecule has 0 aromatic heterocycles. The van der Waals surface area contributed by atoms with E-state index >= 15 is 0 Å². The molecule has 0 fully saturated rings. The van der Waals surface area contributed by atoms with Crippen LogP contribution in [-0.2, 0) is 0 Å². The molecule has 0 amide bonds. The average molecular weight is 272 g/mol. The van der Waals surface area contributed by atoms with Crippen molar-refractivity contribution in [3.05, 3.63) is 24.3 Å². The first kappa shape index (κ1) is 14.6. The Morgan fingerprint density at radius 2 is 1.47 bits per heavy atom. The maximum Gasteiger partial charge on any atom is 0.391 e. The van der Waals surface area contributed by atoms with Crippen molar-refractivity contribution in [1.82, 2.24) is 0 Å². The quantitative estimate of drug-likeness (QED) is 0.618. The van der Waals surface area contributed by atoms with E-state index in [1.54, 1.807) is 0 Å². The van der Waals surface area contributed by atoms with Crippen molar-refractivity contribution in [1.29, 1.82) is 0 Å². The molecule has 0 aliphatic heterocycles. The van der Waals surface area contributed by atoms with Gasteiger partial charge in [0.1, 0.15) is 5.75 Å². The summed E-state index contributed by atoms with van der Waals surface area (Å²) >= 11 is 0. The predicted molar refractivity (Wildman–Crippen MR) is 75.3 cm³/mol. The standard InChI is InChI=1S/C12H21O3PSi/c1-4-17(5-2,6-3)12-9-7-11(8-10-12)15-16(13)14/h7-10,13-14H,4-6H2,1-3H3. The van der Waals surface area contributed by atoms with E-state index in [1.807, 2.05) is 12.1 Å². The molecule has 0 aliphatic rings. The molecule has 0 atom stereocenters. The van der Waals surface area contributed by atoms with Gasteiger partial charge >= 0.3 is 8.60 Å². The Morgan fingerprint density at radius 3 is 1.82 bits per heavy atom. The molecule has 17 heavy (non-hydrogen) atoms. The summed E-state index contributed by atoms with van der Waals surface area (Å²) in [5.74, 6) is 0.524. The minimum atomic E-state index is -2.31. The Bertz CT molecular complexity index is 328. The molecule has 0 heterocycles. The Labute approximate surface area is 105 Å². The highest BCUT2D eigenvalue weighted by Crippen LogP contribution is 2.29. The lowest BCUT2D eigenvalue weighted by Crippen LogP contribution is -2.45. The third-order valence-corrected chi connectivity index (χ3v) is 9.68. The van der Waals surface area contributed by atoms with Gasteiger partial charge in [-0.1, -0.05) is 56.2 Å². The van der Waals surface area contributed by atoms with Gasteiger partial charge in [0.05, 0.1) is 8.07 Å². The van der Waals surface area contributed by atoms with Crippen LogP contribution in [-0.4, -0.2) is 17.9 Å². The summed E-state index contributed by atoms with van der Waals surface area (Å²) in [6, 6.07) is 11.6. The van der Waals surface area contributed by atoms with Crippen molar-refractivity contribution >= 4 is 21.9 Å². The average Bonchev–Trinajstić information content (AvgIpc) is 2.33. The summed E-state index contributed by atoms with van der Waals surface area (Å²) in [5, 5.41) is 1.43. The Hall–Kier alpha value is -0.413. The van der Waals surface area contributed by atoms with Crippen LogP contribution >= 0.6 is 8.60 Å². The van der Waals surface area contributed by atoms with Crippen LogP contribution in [0.4, 0.5) is 0 Å². The summed E-state index contributed by atoms with van der Waals surface area (Å²) in [5.41, 5.74) is 0. The topological polar surface area (TPSA) is 49.7 Å². The Kier molecular flexibility index (Phi) is 5.60. The van der Waals surface area contributed by atoms with Crippen LogP contribution in [0.1, 0.15) is 20.8 Å². The molecule has 0 saturated carbocycles.